The maximum Gasteiger partial charge on any atom is 0.191 e. The SMILES string of the molecule is CN=C(NCCCSC)NCC1(c2cccc(Br)c2)CC1.I. The Morgan fingerprint density at radius 1 is 1.36 bits per heavy atom. The summed E-state index contributed by atoms with van der Waals surface area (Å²) in [6.45, 7) is 1.93. The number of nitrogens with zero attached hydrogens (tertiary/aromatic N) is 1. The first-order valence-electron chi connectivity index (χ1n) is 7.40. The van der Waals surface area contributed by atoms with Crippen LogP contribution in [-0.4, -0.2) is 38.1 Å². The van der Waals surface area contributed by atoms with Gasteiger partial charge in [-0.1, -0.05) is 28.1 Å². The third kappa shape index (κ3) is 5.92. The lowest BCUT2D eigenvalue weighted by Crippen LogP contribution is -2.41. The van der Waals surface area contributed by atoms with Crippen LogP contribution in [0.2, 0.25) is 0 Å². The van der Waals surface area contributed by atoms with Gasteiger partial charge >= 0.3 is 0 Å². The molecule has 0 radical (unpaired) electrons. The number of benzene rings is 1. The highest BCUT2D eigenvalue weighted by molar-refractivity contribution is 14.0. The Hall–Kier alpha value is 0.0500. The minimum atomic E-state index is 0. The van der Waals surface area contributed by atoms with Gasteiger partial charge in [0.2, 0.25) is 0 Å². The lowest BCUT2D eigenvalue weighted by molar-refractivity contribution is 0.644. The molecule has 0 bridgehead atoms. The van der Waals surface area contributed by atoms with E-state index in [1.807, 2.05) is 18.8 Å². The number of thioether (sulfide) groups is 1. The lowest BCUT2D eigenvalue weighted by Gasteiger charge is -2.19. The van der Waals surface area contributed by atoms with E-state index in [-0.39, 0.29) is 24.0 Å². The minimum absolute atomic E-state index is 0. The van der Waals surface area contributed by atoms with Crippen molar-refractivity contribution in [3.05, 3.63) is 34.3 Å². The first-order valence-corrected chi connectivity index (χ1v) is 9.58. The van der Waals surface area contributed by atoms with Crippen molar-refractivity contribution in [3.8, 4) is 0 Å². The van der Waals surface area contributed by atoms with Gasteiger partial charge in [0.05, 0.1) is 0 Å². The molecule has 1 aromatic carbocycles. The minimum Gasteiger partial charge on any atom is -0.356 e. The Kier molecular flexibility index (Phi) is 9.16. The molecule has 3 nitrogen and oxygen atoms in total. The van der Waals surface area contributed by atoms with Gasteiger partial charge < -0.3 is 10.6 Å². The maximum absolute atomic E-state index is 4.31. The molecule has 2 N–H and O–H groups in total. The molecule has 1 fully saturated rings. The molecule has 1 aromatic rings. The van der Waals surface area contributed by atoms with Crippen molar-refractivity contribution in [1.29, 1.82) is 0 Å². The van der Waals surface area contributed by atoms with Crippen molar-refractivity contribution in [2.24, 2.45) is 4.99 Å². The molecule has 0 aliphatic heterocycles. The first-order chi connectivity index (χ1) is 10.2. The summed E-state index contributed by atoms with van der Waals surface area (Å²) in [4.78, 5) is 4.31. The summed E-state index contributed by atoms with van der Waals surface area (Å²) in [7, 11) is 1.84. The fourth-order valence-corrected chi connectivity index (χ4v) is 3.27. The van der Waals surface area contributed by atoms with Crippen molar-refractivity contribution in [2.45, 2.75) is 24.7 Å². The third-order valence-corrected chi connectivity index (χ3v) is 5.12. The van der Waals surface area contributed by atoms with Crippen molar-refractivity contribution < 1.29 is 0 Å². The van der Waals surface area contributed by atoms with E-state index in [2.05, 4.69) is 62.1 Å². The fraction of sp³-hybridized carbons (Fsp3) is 0.562. The van der Waals surface area contributed by atoms with Crippen LogP contribution in [0, 0.1) is 0 Å². The van der Waals surface area contributed by atoms with E-state index in [1.54, 1.807) is 0 Å². The van der Waals surface area contributed by atoms with E-state index in [9.17, 15) is 0 Å². The molecule has 124 valence electrons. The number of rotatable bonds is 7. The highest BCUT2D eigenvalue weighted by atomic mass is 127. The van der Waals surface area contributed by atoms with Crippen molar-refractivity contribution in [2.75, 3.05) is 32.1 Å². The van der Waals surface area contributed by atoms with Crippen LogP contribution in [0.5, 0.6) is 0 Å². The summed E-state index contributed by atoms with van der Waals surface area (Å²) in [5.74, 6) is 2.10. The van der Waals surface area contributed by atoms with Crippen LogP contribution in [0.4, 0.5) is 0 Å². The van der Waals surface area contributed by atoms with Crippen LogP contribution in [0.1, 0.15) is 24.8 Å². The number of halogens is 2. The second kappa shape index (κ2) is 10.0. The molecule has 0 aromatic heterocycles. The summed E-state index contributed by atoms with van der Waals surface area (Å²) in [5.41, 5.74) is 1.71. The molecule has 1 saturated carbocycles. The topological polar surface area (TPSA) is 36.4 Å². The third-order valence-electron chi connectivity index (χ3n) is 3.93. The van der Waals surface area contributed by atoms with E-state index < -0.39 is 0 Å². The van der Waals surface area contributed by atoms with E-state index in [0.29, 0.717) is 5.41 Å². The molecule has 6 heteroatoms. The second-order valence-electron chi connectivity index (χ2n) is 5.49. The van der Waals surface area contributed by atoms with Crippen molar-refractivity contribution in [3.63, 3.8) is 0 Å². The van der Waals surface area contributed by atoms with Gasteiger partial charge in [0.15, 0.2) is 5.96 Å². The van der Waals surface area contributed by atoms with Gasteiger partial charge in [-0.25, -0.2) is 0 Å². The monoisotopic (exact) mass is 497 g/mol. The molecule has 0 atom stereocenters. The average Bonchev–Trinajstić information content (AvgIpc) is 3.28. The molecule has 1 aliphatic carbocycles. The molecule has 0 unspecified atom stereocenters. The number of hydrogen-bond donors (Lipinski definition) is 2. The van der Waals surface area contributed by atoms with Crippen molar-refractivity contribution in [1.82, 2.24) is 10.6 Å². The summed E-state index contributed by atoms with van der Waals surface area (Å²) in [6, 6.07) is 8.67. The van der Waals surface area contributed by atoms with E-state index in [1.165, 1.54) is 30.6 Å². The second-order valence-corrected chi connectivity index (χ2v) is 7.39. The predicted octanol–water partition coefficient (Wildman–Crippen LogP) is 4.02. The van der Waals surface area contributed by atoms with E-state index >= 15 is 0 Å². The van der Waals surface area contributed by atoms with Crippen molar-refractivity contribution >= 4 is 57.6 Å². The standard InChI is InChI=1S/C16H24BrN3S.HI/c1-18-15(19-9-4-10-21-2)20-12-16(7-8-16)13-5-3-6-14(17)11-13;/h3,5-6,11H,4,7-10,12H2,1-2H3,(H2,18,19,20);1H. The highest BCUT2D eigenvalue weighted by Crippen LogP contribution is 2.48. The molecular weight excluding hydrogens is 473 g/mol. The zero-order valence-corrected chi connectivity index (χ0v) is 17.9. The Morgan fingerprint density at radius 3 is 2.73 bits per heavy atom. The van der Waals surface area contributed by atoms with Crippen LogP contribution in [0.15, 0.2) is 33.7 Å². The average molecular weight is 498 g/mol. The summed E-state index contributed by atoms with van der Waals surface area (Å²) < 4.78 is 1.16. The summed E-state index contributed by atoms with van der Waals surface area (Å²) >= 11 is 5.45. The van der Waals surface area contributed by atoms with Gasteiger partial charge in [0, 0.05) is 30.0 Å². The predicted molar refractivity (Wildman–Crippen MR) is 113 cm³/mol. The molecular formula is C16H25BrIN3S. The lowest BCUT2D eigenvalue weighted by atomic mass is 9.96. The molecule has 0 amide bonds. The van der Waals surface area contributed by atoms with Crippen LogP contribution in [0.3, 0.4) is 0 Å². The zero-order chi connectivity index (χ0) is 15.1. The molecule has 0 heterocycles. The molecule has 0 spiro atoms. The Morgan fingerprint density at radius 2 is 2.14 bits per heavy atom. The van der Waals surface area contributed by atoms with Crippen LogP contribution < -0.4 is 10.6 Å². The van der Waals surface area contributed by atoms with Crippen LogP contribution >= 0.6 is 51.7 Å². The molecule has 2 rings (SSSR count). The molecule has 1 aliphatic rings. The van der Waals surface area contributed by atoms with Gasteiger partial charge in [-0.05, 0) is 49.0 Å². The largest absolute Gasteiger partial charge is 0.356 e. The number of guanidine groups is 1. The van der Waals surface area contributed by atoms with Crippen LogP contribution in [-0.2, 0) is 5.41 Å². The van der Waals surface area contributed by atoms with Gasteiger partial charge in [-0.3, -0.25) is 4.99 Å². The van der Waals surface area contributed by atoms with E-state index in [4.69, 9.17) is 0 Å². The normalized spacial score (nSPS) is 15.9. The Balaban J connectivity index is 0.00000242. The highest BCUT2D eigenvalue weighted by Gasteiger charge is 2.44. The summed E-state index contributed by atoms with van der Waals surface area (Å²) in [6.07, 6.45) is 5.81. The van der Waals surface area contributed by atoms with E-state index in [0.717, 1.165) is 23.5 Å². The fourth-order valence-electron chi connectivity index (χ4n) is 2.43. The number of aliphatic imine (C=N–C) groups is 1. The molecule has 22 heavy (non-hydrogen) atoms. The molecule has 0 saturated heterocycles. The summed E-state index contributed by atoms with van der Waals surface area (Å²) in [5, 5.41) is 6.87. The Labute approximate surface area is 163 Å². The number of nitrogens with one attached hydrogen (secondary N) is 2. The zero-order valence-electron chi connectivity index (χ0n) is 13.2. The maximum atomic E-state index is 4.31. The quantitative estimate of drug-likeness (QED) is 0.258. The van der Waals surface area contributed by atoms with Gasteiger partial charge in [-0.2, -0.15) is 11.8 Å². The van der Waals surface area contributed by atoms with Crippen LogP contribution in [0.25, 0.3) is 0 Å². The Bertz CT molecular complexity index is 492. The van der Waals surface area contributed by atoms with Gasteiger partial charge in [-0.15, -0.1) is 24.0 Å². The number of hydrogen-bond acceptors (Lipinski definition) is 2. The van der Waals surface area contributed by atoms with Gasteiger partial charge in [0.25, 0.3) is 0 Å². The first kappa shape index (κ1) is 20.1. The smallest absolute Gasteiger partial charge is 0.191 e. The van der Waals surface area contributed by atoms with Gasteiger partial charge in [0.1, 0.15) is 0 Å².